The molecule has 0 saturated heterocycles. The second-order valence-electron chi connectivity index (χ2n) is 7.54. The fourth-order valence-electron chi connectivity index (χ4n) is 1.89. The molecule has 0 amide bonds. The first-order valence-corrected chi connectivity index (χ1v) is 7.81. The van der Waals surface area contributed by atoms with E-state index in [-0.39, 0.29) is 18.7 Å². The van der Waals surface area contributed by atoms with Gasteiger partial charge in [0.15, 0.2) is 0 Å². The number of halogens is 1. The van der Waals surface area contributed by atoms with Gasteiger partial charge in [-0.3, -0.25) is 4.79 Å². The number of ether oxygens (including phenoxy) is 2. The van der Waals surface area contributed by atoms with Crippen molar-refractivity contribution in [2.45, 2.75) is 59.3 Å². The van der Waals surface area contributed by atoms with Crippen LogP contribution in [0.2, 0.25) is 0 Å². The minimum absolute atomic E-state index is 0.00441. The molecule has 0 aliphatic carbocycles. The Hall–Kier alpha value is -1.95. The van der Waals surface area contributed by atoms with Crippen LogP contribution in [0.3, 0.4) is 0 Å². The van der Waals surface area contributed by atoms with E-state index in [0.29, 0.717) is 5.56 Å². The Balaban J connectivity index is 2.67. The lowest BCUT2D eigenvalue weighted by atomic mass is 10.1. The maximum atomic E-state index is 13.7. The number of hydrogen-bond acceptors (Lipinski definition) is 5. The molecule has 1 N–H and O–H groups in total. The summed E-state index contributed by atoms with van der Waals surface area (Å²) in [5.41, 5.74) is -0.529. The monoisotopic (exact) mass is 339 g/mol. The summed E-state index contributed by atoms with van der Waals surface area (Å²) in [7, 11) is 0. The van der Waals surface area contributed by atoms with Crippen LogP contribution in [0.1, 0.15) is 57.5 Å². The van der Waals surface area contributed by atoms with Crippen LogP contribution in [0.25, 0.3) is 0 Å². The number of esters is 2. The Bertz CT molecular complexity index is 600. The van der Waals surface area contributed by atoms with E-state index < -0.39 is 29.0 Å². The number of nitrogens with one attached hydrogen (secondary N) is 1. The summed E-state index contributed by atoms with van der Waals surface area (Å²) in [4.78, 5) is 23.6. The molecule has 0 radical (unpaired) electrons. The number of hydrogen-bond donors (Lipinski definition) is 1. The van der Waals surface area contributed by atoms with Crippen LogP contribution < -0.4 is 5.32 Å². The van der Waals surface area contributed by atoms with E-state index in [1.165, 1.54) is 6.07 Å². The van der Waals surface area contributed by atoms with Gasteiger partial charge in [-0.05, 0) is 65.3 Å². The second-order valence-corrected chi connectivity index (χ2v) is 7.54. The molecule has 0 saturated carbocycles. The lowest BCUT2D eigenvalue weighted by Crippen LogP contribution is -2.31. The lowest BCUT2D eigenvalue weighted by molar-refractivity contribution is -0.153. The number of carbonyl (C=O) groups is 2. The quantitative estimate of drug-likeness (QED) is 0.835. The van der Waals surface area contributed by atoms with Crippen molar-refractivity contribution in [3.63, 3.8) is 0 Å². The van der Waals surface area contributed by atoms with Crippen LogP contribution in [0.4, 0.5) is 4.39 Å². The Morgan fingerprint density at radius 1 is 1.00 bits per heavy atom. The number of carbonyl (C=O) groups excluding carboxylic acids is 2. The van der Waals surface area contributed by atoms with Crippen molar-refractivity contribution < 1.29 is 23.5 Å². The van der Waals surface area contributed by atoms with Crippen LogP contribution in [0.15, 0.2) is 18.2 Å². The minimum atomic E-state index is -0.654. The average Bonchev–Trinajstić information content (AvgIpc) is 2.33. The largest absolute Gasteiger partial charge is 0.459 e. The van der Waals surface area contributed by atoms with Gasteiger partial charge in [0.25, 0.3) is 0 Å². The molecule has 6 heteroatoms. The van der Waals surface area contributed by atoms with Gasteiger partial charge in [-0.15, -0.1) is 0 Å². The van der Waals surface area contributed by atoms with Crippen molar-refractivity contribution in [2.24, 2.45) is 0 Å². The predicted molar refractivity (Wildman–Crippen MR) is 89.1 cm³/mol. The van der Waals surface area contributed by atoms with Gasteiger partial charge in [-0.2, -0.15) is 0 Å². The molecule has 0 heterocycles. The normalized spacial score (nSPS) is 12.0. The van der Waals surface area contributed by atoms with E-state index in [1.54, 1.807) is 47.6 Å². The molecular weight excluding hydrogens is 313 g/mol. The van der Waals surface area contributed by atoms with Crippen LogP contribution in [0.5, 0.6) is 0 Å². The summed E-state index contributed by atoms with van der Waals surface area (Å²) in [6, 6.07) is 3.97. The fourth-order valence-corrected chi connectivity index (χ4v) is 1.89. The van der Waals surface area contributed by atoms with Crippen molar-refractivity contribution in [1.82, 2.24) is 5.32 Å². The Kier molecular flexibility index (Phi) is 6.49. The average molecular weight is 339 g/mol. The van der Waals surface area contributed by atoms with Crippen LogP contribution >= 0.6 is 0 Å². The molecule has 0 unspecified atom stereocenters. The second kappa shape index (κ2) is 7.75. The highest BCUT2D eigenvalue weighted by Crippen LogP contribution is 2.15. The molecular formula is C18H26FNO4. The molecule has 0 spiro atoms. The predicted octanol–water partition coefficient (Wildman–Crippen LogP) is 3.21. The van der Waals surface area contributed by atoms with E-state index in [2.05, 4.69) is 5.32 Å². The van der Waals surface area contributed by atoms with Crippen LogP contribution in [-0.4, -0.2) is 29.7 Å². The third-order valence-electron chi connectivity index (χ3n) is 2.61. The zero-order valence-electron chi connectivity index (χ0n) is 15.2. The molecule has 24 heavy (non-hydrogen) atoms. The Morgan fingerprint density at radius 2 is 1.58 bits per heavy atom. The third-order valence-corrected chi connectivity index (χ3v) is 2.61. The SMILES string of the molecule is CC(C)(C)OC(=O)CNCc1cc(F)cc(C(=O)OC(C)(C)C)c1. The smallest absolute Gasteiger partial charge is 0.338 e. The molecule has 0 bridgehead atoms. The maximum Gasteiger partial charge on any atom is 0.338 e. The van der Waals surface area contributed by atoms with Crippen molar-refractivity contribution in [3.05, 3.63) is 35.1 Å². The zero-order chi connectivity index (χ0) is 18.5. The Labute approximate surface area is 142 Å². The van der Waals surface area contributed by atoms with Crippen LogP contribution in [-0.2, 0) is 20.8 Å². The minimum Gasteiger partial charge on any atom is -0.459 e. The lowest BCUT2D eigenvalue weighted by Gasteiger charge is -2.20. The van der Waals surface area contributed by atoms with Crippen molar-refractivity contribution in [2.75, 3.05) is 6.54 Å². The first-order chi connectivity index (χ1) is 10.9. The number of rotatable bonds is 5. The zero-order valence-corrected chi connectivity index (χ0v) is 15.2. The highest BCUT2D eigenvalue weighted by Gasteiger charge is 2.19. The van der Waals surface area contributed by atoms with Gasteiger partial charge in [0.05, 0.1) is 12.1 Å². The third kappa shape index (κ3) is 8.06. The topological polar surface area (TPSA) is 64.6 Å². The van der Waals surface area contributed by atoms with Gasteiger partial charge >= 0.3 is 11.9 Å². The molecule has 134 valence electrons. The van der Waals surface area contributed by atoms with E-state index in [1.807, 2.05) is 0 Å². The van der Waals surface area contributed by atoms with Crippen LogP contribution in [0, 0.1) is 5.82 Å². The standard InChI is InChI=1S/C18H26FNO4/c1-17(2,3)23-15(21)11-20-10-12-7-13(9-14(19)8-12)16(22)24-18(4,5)6/h7-9,20H,10-11H2,1-6H3. The molecule has 0 aromatic heterocycles. The van der Waals surface area contributed by atoms with Gasteiger partial charge in [0.1, 0.15) is 17.0 Å². The van der Waals surface area contributed by atoms with Gasteiger partial charge in [-0.1, -0.05) is 0 Å². The first kappa shape index (κ1) is 20.1. The van der Waals surface area contributed by atoms with E-state index >= 15 is 0 Å². The van der Waals surface area contributed by atoms with Gasteiger partial charge in [0.2, 0.25) is 0 Å². The van der Waals surface area contributed by atoms with E-state index in [0.717, 1.165) is 6.07 Å². The highest BCUT2D eigenvalue weighted by atomic mass is 19.1. The van der Waals surface area contributed by atoms with E-state index in [9.17, 15) is 14.0 Å². The fraction of sp³-hybridized carbons (Fsp3) is 0.556. The van der Waals surface area contributed by atoms with Gasteiger partial charge in [0, 0.05) is 6.54 Å². The summed E-state index contributed by atoms with van der Waals surface area (Å²) in [5, 5.41) is 2.87. The van der Waals surface area contributed by atoms with Gasteiger partial charge in [-0.25, -0.2) is 9.18 Å². The summed E-state index contributed by atoms with van der Waals surface area (Å²) in [6.45, 7) is 10.8. The highest BCUT2D eigenvalue weighted by molar-refractivity contribution is 5.89. The number of benzene rings is 1. The molecule has 0 atom stereocenters. The molecule has 1 aromatic rings. The maximum absolute atomic E-state index is 13.7. The molecule has 1 rings (SSSR count). The van der Waals surface area contributed by atoms with E-state index in [4.69, 9.17) is 9.47 Å². The summed E-state index contributed by atoms with van der Waals surface area (Å²) >= 11 is 0. The molecule has 0 fully saturated rings. The molecule has 0 aliphatic rings. The Morgan fingerprint density at radius 3 is 2.12 bits per heavy atom. The van der Waals surface area contributed by atoms with Crippen molar-refractivity contribution in [1.29, 1.82) is 0 Å². The summed E-state index contributed by atoms with van der Waals surface area (Å²) in [5.74, 6) is -1.52. The molecule has 0 aliphatic heterocycles. The van der Waals surface area contributed by atoms with Crippen molar-refractivity contribution >= 4 is 11.9 Å². The first-order valence-electron chi connectivity index (χ1n) is 7.81. The van der Waals surface area contributed by atoms with Crippen molar-refractivity contribution in [3.8, 4) is 0 Å². The van der Waals surface area contributed by atoms with Gasteiger partial charge < -0.3 is 14.8 Å². The molecule has 1 aromatic carbocycles. The summed E-state index contributed by atoms with van der Waals surface area (Å²) < 4.78 is 24.1. The summed E-state index contributed by atoms with van der Waals surface area (Å²) in [6.07, 6.45) is 0. The molecule has 5 nitrogen and oxygen atoms in total.